The predicted molar refractivity (Wildman–Crippen MR) is 139 cm³/mol. The number of pyridine rings is 1. The van der Waals surface area contributed by atoms with Gasteiger partial charge in [-0.05, 0) is 69.4 Å². The van der Waals surface area contributed by atoms with Crippen molar-refractivity contribution in [3.05, 3.63) is 66.1 Å². The van der Waals surface area contributed by atoms with Crippen molar-refractivity contribution < 1.29 is 27.1 Å². The van der Waals surface area contributed by atoms with Gasteiger partial charge in [-0.3, -0.25) is 4.79 Å². The smallest absolute Gasteiger partial charge is 0.419 e. The molecule has 0 aliphatic carbocycles. The molecule has 0 unspecified atom stereocenters. The Morgan fingerprint density at radius 2 is 1.77 bits per heavy atom. The number of hydrogen-bond donors (Lipinski definition) is 2. The number of alkyl halides is 3. The number of nitrogens with zero attached hydrogens (tertiary/aromatic N) is 4. The maximum absolute atomic E-state index is 13.7. The van der Waals surface area contributed by atoms with Gasteiger partial charge in [0.15, 0.2) is 0 Å². The zero-order valence-electron chi connectivity index (χ0n) is 21.2. The van der Waals surface area contributed by atoms with Crippen LogP contribution in [0, 0.1) is 11.7 Å². The molecule has 1 saturated heterocycles. The minimum atomic E-state index is -4.82. The van der Waals surface area contributed by atoms with E-state index in [0.29, 0.717) is 34.4 Å². The molecule has 39 heavy (non-hydrogen) atoms. The van der Waals surface area contributed by atoms with Crippen LogP contribution >= 0.6 is 0 Å². The minimum Gasteiger partial charge on any atom is -0.457 e. The molecular formula is C27H26F4N6O2. The Morgan fingerprint density at radius 1 is 1.03 bits per heavy atom. The summed E-state index contributed by atoms with van der Waals surface area (Å²) in [4.78, 5) is 23.5. The number of carbonyl (C=O) groups is 1. The fourth-order valence-corrected chi connectivity index (χ4v) is 4.48. The summed E-state index contributed by atoms with van der Waals surface area (Å²) in [7, 11) is 3.74. The van der Waals surface area contributed by atoms with Crippen LogP contribution in [0.25, 0.3) is 11.0 Å². The topological polar surface area (TPSA) is 84.3 Å². The summed E-state index contributed by atoms with van der Waals surface area (Å²) in [5.41, 5.74) is -0.0873. The maximum Gasteiger partial charge on any atom is 0.419 e. The summed E-state index contributed by atoms with van der Waals surface area (Å²) in [6.07, 6.45) is -1.68. The molecule has 2 aromatic carbocycles. The number of piperidine rings is 1. The number of benzene rings is 2. The van der Waals surface area contributed by atoms with E-state index in [1.165, 1.54) is 6.07 Å². The van der Waals surface area contributed by atoms with Crippen LogP contribution in [0.2, 0.25) is 0 Å². The van der Waals surface area contributed by atoms with E-state index < -0.39 is 17.6 Å². The fourth-order valence-electron chi connectivity index (χ4n) is 4.48. The first-order valence-corrected chi connectivity index (χ1v) is 12.3. The van der Waals surface area contributed by atoms with E-state index in [4.69, 9.17) is 4.74 Å². The van der Waals surface area contributed by atoms with Crippen LogP contribution in [0.15, 0.2) is 54.7 Å². The highest BCUT2D eigenvalue weighted by Crippen LogP contribution is 2.34. The normalized spacial score (nSPS) is 14.9. The van der Waals surface area contributed by atoms with Crippen molar-refractivity contribution in [3.8, 4) is 11.5 Å². The monoisotopic (exact) mass is 542 g/mol. The first kappa shape index (κ1) is 26.4. The van der Waals surface area contributed by atoms with E-state index in [1.54, 1.807) is 48.1 Å². The van der Waals surface area contributed by atoms with Crippen LogP contribution in [0.3, 0.4) is 0 Å². The summed E-state index contributed by atoms with van der Waals surface area (Å²) >= 11 is 0. The fraction of sp³-hybridized carbons (Fsp3) is 0.296. The lowest BCUT2D eigenvalue weighted by atomic mass is 9.96. The Morgan fingerprint density at radius 3 is 2.51 bits per heavy atom. The number of hydrogen-bond acceptors (Lipinski definition) is 6. The van der Waals surface area contributed by atoms with Gasteiger partial charge in [0, 0.05) is 37.0 Å². The van der Waals surface area contributed by atoms with Crippen molar-refractivity contribution in [2.75, 3.05) is 30.8 Å². The summed E-state index contributed by atoms with van der Waals surface area (Å²) in [6.45, 7) is 1.75. The lowest BCUT2D eigenvalue weighted by Gasteiger charge is -2.27. The maximum atomic E-state index is 13.7. The first-order valence-electron chi connectivity index (χ1n) is 12.3. The molecule has 0 bridgehead atoms. The molecule has 0 spiro atoms. The number of fused-ring (bicyclic) bond motifs is 1. The summed E-state index contributed by atoms with van der Waals surface area (Å²) in [5, 5.41) is 5.69. The second kappa shape index (κ2) is 10.5. The average Bonchev–Trinajstić information content (AvgIpc) is 3.19. The van der Waals surface area contributed by atoms with Crippen LogP contribution in [0.1, 0.15) is 18.4 Å². The van der Waals surface area contributed by atoms with Crippen molar-refractivity contribution in [2.45, 2.75) is 19.0 Å². The van der Waals surface area contributed by atoms with E-state index in [2.05, 4.69) is 25.5 Å². The molecule has 0 radical (unpaired) electrons. The molecular weight excluding hydrogens is 516 g/mol. The number of carbonyl (C=O) groups excluding carboxylic acids is 1. The molecule has 1 aliphatic heterocycles. The van der Waals surface area contributed by atoms with Gasteiger partial charge in [0.05, 0.1) is 16.6 Å². The highest BCUT2D eigenvalue weighted by molar-refractivity contribution is 5.92. The molecule has 5 rings (SSSR count). The average molecular weight is 543 g/mol. The molecule has 4 aromatic rings. The van der Waals surface area contributed by atoms with E-state index in [1.807, 2.05) is 7.05 Å². The second-order valence-corrected chi connectivity index (χ2v) is 9.51. The highest BCUT2D eigenvalue weighted by atomic mass is 19.4. The number of halogens is 4. The summed E-state index contributed by atoms with van der Waals surface area (Å²) < 4.78 is 60.6. The van der Waals surface area contributed by atoms with Gasteiger partial charge in [-0.2, -0.15) is 13.2 Å². The molecule has 1 amide bonds. The third-order valence-corrected chi connectivity index (χ3v) is 6.69. The minimum absolute atomic E-state index is 0.0465. The molecule has 8 nitrogen and oxygen atoms in total. The van der Waals surface area contributed by atoms with Gasteiger partial charge in [-0.15, -0.1) is 0 Å². The molecule has 0 saturated carbocycles. The van der Waals surface area contributed by atoms with Gasteiger partial charge in [0.2, 0.25) is 11.9 Å². The van der Waals surface area contributed by atoms with Crippen LogP contribution in [0.4, 0.5) is 35.0 Å². The SMILES string of the molecule is CN1CCC(C(=O)Nc2cc(Oc3ccc4c(c3)nc(Nc3ccc(F)c(C(F)(F)F)c3)n4C)ccn2)CC1. The largest absolute Gasteiger partial charge is 0.457 e. The molecule has 12 heteroatoms. The Hall–Kier alpha value is -4.19. The zero-order valence-corrected chi connectivity index (χ0v) is 21.2. The van der Waals surface area contributed by atoms with Crippen molar-refractivity contribution in [1.29, 1.82) is 0 Å². The lowest BCUT2D eigenvalue weighted by Crippen LogP contribution is -2.36. The third kappa shape index (κ3) is 5.95. The van der Waals surface area contributed by atoms with E-state index in [0.717, 1.165) is 32.0 Å². The number of anilines is 3. The van der Waals surface area contributed by atoms with Crippen molar-refractivity contribution in [3.63, 3.8) is 0 Å². The van der Waals surface area contributed by atoms with Crippen molar-refractivity contribution in [2.24, 2.45) is 13.0 Å². The van der Waals surface area contributed by atoms with Crippen LogP contribution in [-0.4, -0.2) is 45.5 Å². The quantitative estimate of drug-likeness (QED) is 0.293. The summed E-state index contributed by atoms with van der Waals surface area (Å²) in [5.74, 6) is 0.114. The van der Waals surface area contributed by atoms with Gasteiger partial charge < -0.3 is 24.8 Å². The number of nitrogens with one attached hydrogen (secondary N) is 2. The highest BCUT2D eigenvalue weighted by Gasteiger charge is 2.34. The Kier molecular flexibility index (Phi) is 7.13. The number of likely N-dealkylation sites (tertiary alicyclic amines) is 1. The predicted octanol–water partition coefficient (Wildman–Crippen LogP) is 5.94. The van der Waals surface area contributed by atoms with E-state index >= 15 is 0 Å². The number of imidazole rings is 1. The van der Waals surface area contributed by atoms with E-state index in [-0.39, 0.29) is 23.5 Å². The van der Waals surface area contributed by atoms with Crippen LogP contribution in [0.5, 0.6) is 11.5 Å². The molecule has 1 fully saturated rings. The van der Waals surface area contributed by atoms with Gasteiger partial charge in [-0.25, -0.2) is 14.4 Å². The van der Waals surface area contributed by atoms with Gasteiger partial charge in [0.25, 0.3) is 0 Å². The first-order chi connectivity index (χ1) is 18.6. The number of aryl methyl sites for hydroxylation is 1. The van der Waals surface area contributed by atoms with Gasteiger partial charge in [-0.1, -0.05) is 0 Å². The lowest BCUT2D eigenvalue weighted by molar-refractivity contribution is -0.140. The zero-order chi connectivity index (χ0) is 27.7. The van der Waals surface area contributed by atoms with Gasteiger partial charge in [0.1, 0.15) is 23.1 Å². The van der Waals surface area contributed by atoms with Crippen LogP contribution < -0.4 is 15.4 Å². The Bertz CT molecular complexity index is 1510. The standard InChI is InChI=1S/C27H26F4N6O2/c1-36-11-8-16(9-12-36)25(38)35-24-15-19(7-10-32-24)39-18-4-6-23-22(14-18)34-26(37(23)2)33-17-3-5-21(28)20(13-17)27(29,30)31/h3-7,10,13-16H,8-9,11-12H2,1-2H3,(H,33,34)(H,32,35,38). The number of amides is 1. The molecule has 2 N–H and O–H groups in total. The van der Waals surface area contributed by atoms with Gasteiger partial charge >= 0.3 is 6.18 Å². The summed E-state index contributed by atoms with van der Waals surface area (Å²) in [6, 6.07) is 11.1. The molecule has 204 valence electrons. The van der Waals surface area contributed by atoms with Crippen molar-refractivity contribution in [1.82, 2.24) is 19.4 Å². The molecule has 0 atom stereocenters. The number of aromatic nitrogens is 3. The molecule has 3 heterocycles. The Balaban J connectivity index is 1.30. The van der Waals surface area contributed by atoms with E-state index in [9.17, 15) is 22.4 Å². The number of ether oxygens (including phenoxy) is 1. The van der Waals surface area contributed by atoms with Crippen molar-refractivity contribution >= 4 is 34.4 Å². The molecule has 2 aromatic heterocycles. The van der Waals surface area contributed by atoms with Crippen LogP contribution in [-0.2, 0) is 18.0 Å². The second-order valence-electron chi connectivity index (χ2n) is 9.51. The Labute approximate surface area is 221 Å². The number of rotatable bonds is 6. The third-order valence-electron chi connectivity index (χ3n) is 6.69. The molecule has 1 aliphatic rings.